The van der Waals surface area contributed by atoms with Crippen molar-refractivity contribution in [3.05, 3.63) is 48.2 Å². The highest BCUT2D eigenvalue weighted by atomic mass is 16.5. The zero-order valence-electron chi connectivity index (χ0n) is 14.0. The van der Waals surface area contributed by atoms with Gasteiger partial charge in [-0.25, -0.2) is 9.97 Å². The van der Waals surface area contributed by atoms with Crippen molar-refractivity contribution in [2.75, 3.05) is 44.7 Å². The van der Waals surface area contributed by atoms with Gasteiger partial charge in [-0.15, -0.1) is 0 Å². The minimum Gasteiger partial charge on any atom is -0.379 e. The lowest BCUT2D eigenvalue weighted by molar-refractivity contribution is 0.0398. The summed E-state index contributed by atoms with van der Waals surface area (Å²) in [5.41, 5.74) is 1.13. The summed E-state index contributed by atoms with van der Waals surface area (Å²) in [7, 11) is 0. The molecule has 2 N–H and O–H groups in total. The van der Waals surface area contributed by atoms with Gasteiger partial charge in [0.15, 0.2) is 0 Å². The third-order valence-electron chi connectivity index (χ3n) is 3.89. The van der Waals surface area contributed by atoms with Crippen molar-refractivity contribution in [2.45, 2.75) is 6.54 Å². The Labute approximate surface area is 146 Å². The molecule has 3 rings (SSSR count). The van der Waals surface area contributed by atoms with Gasteiger partial charge in [0.25, 0.3) is 5.91 Å². The second-order valence-electron chi connectivity index (χ2n) is 5.67. The van der Waals surface area contributed by atoms with E-state index < -0.39 is 0 Å². The number of nitrogens with one attached hydrogen (secondary N) is 2. The van der Waals surface area contributed by atoms with Gasteiger partial charge in [0, 0.05) is 38.4 Å². The molecule has 1 saturated heterocycles. The van der Waals surface area contributed by atoms with Crippen LogP contribution in [0.2, 0.25) is 0 Å². The largest absolute Gasteiger partial charge is 0.379 e. The summed E-state index contributed by atoms with van der Waals surface area (Å²) in [4.78, 5) is 26.9. The van der Waals surface area contributed by atoms with Crippen LogP contribution >= 0.6 is 0 Å². The fraction of sp³-hybridized carbons (Fsp3) is 0.412. The molecule has 3 heterocycles. The fourth-order valence-electron chi connectivity index (χ4n) is 2.51. The Bertz CT molecular complexity index is 676. The molecule has 0 bridgehead atoms. The quantitative estimate of drug-likeness (QED) is 0.759. The smallest absolute Gasteiger partial charge is 0.270 e. The van der Waals surface area contributed by atoms with Crippen molar-refractivity contribution in [3.8, 4) is 0 Å². The van der Waals surface area contributed by atoms with Gasteiger partial charge < -0.3 is 15.4 Å². The van der Waals surface area contributed by atoms with E-state index in [4.69, 9.17) is 4.74 Å². The van der Waals surface area contributed by atoms with Crippen LogP contribution in [-0.4, -0.2) is 65.2 Å². The number of morpholine rings is 1. The maximum absolute atomic E-state index is 12.2. The van der Waals surface area contributed by atoms with Gasteiger partial charge in [0.1, 0.15) is 17.8 Å². The molecule has 25 heavy (non-hydrogen) atoms. The number of carbonyl (C=O) groups is 1. The standard InChI is InChI=1S/C17H22N6O2/c24-17(20-12-14-3-1-2-4-18-14)15-11-16(22-13-21-15)19-5-6-23-7-9-25-10-8-23/h1-4,11,13H,5-10,12H2,(H,20,24)(H,19,21,22). The van der Waals surface area contributed by atoms with Crippen LogP contribution in [0, 0.1) is 0 Å². The Morgan fingerprint density at radius 3 is 2.88 bits per heavy atom. The predicted molar refractivity (Wildman–Crippen MR) is 93.2 cm³/mol. The van der Waals surface area contributed by atoms with E-state index in [1.165, 1.54) is 6.33 Å². The predicted octanol–water partition coefficient (Wildman–Crippen LogP) is 0.546. The first-order chi connectivity index (χ1) is 12.3. The van der Waals surface area contributed by atoms with Gasteiger partial charge in [-0.1, -0.05) is 6.07 Å². The lowest BCUT2D eigenvalue weighted by atomic mass is 10.3. The van der Waals surface area contributed by atoms with Gasteiger partial charge >= 0.3 is 0 Å². The molecule has 0 aliphatic carbocycles. The summed E-state index contributed by atoms with van der Waals surface area (Å²) < 4.78 is 5.33. The molecule has 1 amide bonds. The first-order valence-corrected chi connectivity index (χ1v) is 8.35. The number of hydrogen-bond donors (Lipinski definition) is 2. The third-order valence-corrected chi connectivity index (χ3v) is 3.89. The first kappa shape index (κ1) is 17.2. The molecule has 132 valence electrons. The average Bonchev–Trinajstić information content (AvgIpc) is 2.68. The number of pyridine rings is 1. The molecule has 0 saturated carbocycles. The summed E-state index contributed by atoms with van der Waals surface area (Å²) in [5.74, 6) is 0.399. The molecule has 2 aromatic rings. The van der Waals surface area contributed by atoms with Gasteiger partial charge in [-0.3, -0.25) is 14.7 Å². The van der Waals surface area contributed by atoms with Crippen molar-refractivity contribution in [1.29, 1.82) is 0 Å². The highest BCUT2D eigenvalue weighted by molar-refractivity contribution is 5.92. The number of anilines is 1. The Hall–Kier alpha value is -2.58. The summed E-state index contributed by atoms with van der Waals surface area (Å²) in [6.45, 7) is 5.51. The second-order valence-corrected chi connectivity index (χ2v) is 5.67. The maximum Gasteiger partial charge on any atom is 0.270 e. The molecule has 8 nitrogen and oxygen atoms in total. The molecule has 0 unspecified atom stereocenters. The lowest BCUT2D eigenvalue weighted by Gasteiger charge is -2.26. The van der Waals surface area contributed by atoms with Crippen molar-refractivity contribution in [3.63, 3.8) is 0 Å². The molecule has 1 aliphatic heterocycles. The van der Waals surface area contributed by atoms with Gasteiger partial charge in [0.05, 0.1) is 25.5 Å². The highest BCUT2D eigenvalue weighted by Gasteiger charge is 2.11. The molecular weight excluding hydrogens is 320 g/mol. The molecule has 0 aromatic carbocycles. The molecule has 1 fully saturated rings. The van der Waals surface area contributed by atoms with Gasteiger partial charge in [-0.2, -0.15) is 0 Å². The van der Waals surface area contributed by atoms with Crippen molar-refractivity contribution >= 4 is 11.7 Å². The molecule has 1 aliphatic rings. The van der Waals surface area contributed by atoms with Gasteiger partial charge in [0.2, 0.25) is 0 Å². The van der Waals surface area contributed by atoms with E-state index in [9.17, 15) is 4.79 Å². The maximum atomic E-state index is 12.2. The normalized spacial score (nSPS) is 14.9. The van der Waals surface area contributed by atoms with E-state index in [-0.39, 0.29) is 5.91 Å². The van der Waals surface area contributed by atoms with Crippen LogP contribution in [0.5, 0.6) is 0 Å². The van der Waals surface area contributed by atoms with Crippen molar-refractivity contribution < 1.29 is 9.53 Å². The Balaban J connectivity index is 1.47. The molecule has 0 spiro atoms. The van der Waals surface area contributed by atoms with Crippen LogP contribution in [0.25, 0.3) is 0 Å². The van der Waals surface area contributed by atoms with E-state index in [0.29, 0.717) is 18.1 Å². The highest BCUT2D eigenvalue weighted by Crippen LogP contribution is 2.05. The second kappa shape index (κ2) is 9.05. The van der Waals surface area contributed by atoms with Crippen LogP contribution in [0.3, 0.4) is 0 Å². The van der Waals surface area contributed by atoms with Gasteiger partial charge in [-0.05, 0) is 12.1 Å². The minimum atomic E-state index is -0.246. The molecule has 0 radical (unpaired) electrons. The van der Waals surface area contributed by atoms with Crippen LogP contribution in [0.4, 0.5) is 5.82 Å². The summed E-state index contributed by atoms with van der Waals surface area (Å²) >= 11 is 0. The fourth-order valence-corrected chi connectivity index (χ4v) is 2.51. The number of aromatic nitrogens is 3. The molecule has 8 heteroatoms. The van der Waals surface area contributed by atoms with Crippen LogP contribution < -0.4 is 10.6 Å². The van der Waals surface area contributed by atoms with Crippen LogP contribution in [-0.2, 0) is 11.3 Å². The number of ether oxygens (including phenoxy) is 1. The number of carbonyl (C=O) groups excluding carboxylic acids is 1. The van der Waals surface area contributed by atoms with E-state index in [0.717, 1.165) is 45.1 Å². The summed E-state index contributed by atoms with van der Waals surface area (Å²) in [5, 5.41) is 6.04. The van der Waals surface area contributed by atoms with E-state index in [1.807, 2.05) is 18.2 Å². The molecular formula is C17H22N6O2. The number of hydrogen-bond acceptors (Lipinski definition) is 7. The van der Waals surface area contributed by atoms with Crippen LogP contribution in [0.1, 0.15) is 16.2 Å². The Kier molecular flexibility index (Phi) is 6.24. The first-order valence-electron chi connectivity index (χ1n) is 8.35. The monoisotopic (exact) mass is 342 g/mol. The zero-order valence-corrected chi connectivity index (χ0v) is 14.0. The Morgan fingerprint density at radius 2 is 2.08 bits per heavy atom. The zero-order chi connectivity index (χ0) is 17.3. The summed E-state index contributed by atoms with van der Waals surface area (Å²) in [6.07, 6.45) is 3.09. The average molecular weight is 342 g/mol. The van der Waals surface area contributed by atoms with E-state index in [2.05, 4.69) is 30.5 Å². The number of nitrogens with zero attached hydrogens (tertiary/aromatic N) is 4. The van der Waals surface area contributed by atoms with E-state index in [1.54, 1.807) is 12.3 Å². The minimum absolute atomic E-state index is 0.246. The Morgan fingerprint density at radius 1 is 1.20 bits per heavy atom. The summed E-state index contributed by atoms with van der Waals surface area (Å²) in [6, 6.07) is 7.24. The SMILES string of the molecule is O=C(NCc1ccccn1)c1cc(NCCN2CCOCC2)ncn1. The topological polar surface area (TPSA) is 92.3 Å². The molecule has 0 atom stereocenters. The van der Waals surface area contributed by atoms with Crippen molar-refractivity contribution in [1.82, 2.24) is 25.2 Å². The number of rotatable bonds is 7. The molecule has 2 aromatic heterocycles. The number of amides is 1. The van der Waals surface area contributed by atoms with E-state index >= 15 is 0 Å². The van der Waals surface area contributed by atoms with Crippen LogP contribution in [0.15, 0.2) is 36.8 Å². The lowest BCUT2D eigenvalue weighted by Crippen LogP contribution is -2.39. The van der Waals surface area contributed by atoms with Crippen molar-refractivity contribution in [2.24, 2.45) is 0 Å². The third kappa shape index (κ3) is 5.47.